The van der Waals surface area contributed by atoms with Gasteiger partial charge in [0.25, 0.3) is 0 Å². The molecule has 1 saturated heterocycles. The van der Waals surface area contributed by atoms with Gasteiger partial charge in [0.1, 0.15) is 0 Å². The minimum absolute atomic E-state index is 0.219. The number of nitrogens with zero attached hydrogens (tertiary/aromatic N) is 4. The lowest BCUT2D eigenvalue weighted by Gasteiger charge is -2.20. The Morgan fingerprint density at radius 3 is 2.90 bits per heavy atom. The van der Waals surface area contributed by atoms with E-state index in [4.69, 9.17) is 0 Å². The first kappa shape index (κ1) is 15.8. The molecule has 0 amide bonds. The Morgan fingerprint density at radius 1 is 1.52 bits per heavy atom. The van der Waals surface area contributed by atoms with Gasteiger partial charge in [-0.1, -0.05) is 0 Å². The molecule has 0 aliphatic carbocycles. The highest BCUT2D eigenvalue weighted by atomic mass is 16.3. The summed E-state index contributed by atoms with van der Waals surface area (Å²) in [5.41, 5.74) is 2.27. The molecule has 2 rings (SSSR count). The molecule has 0 saturated carbocycles. The summed E-state index contributed by atoms with van der Waals surface area (Å²) in [7, 11) is 0. The number of aryl methyl sites for hydroxylation is 3. The van der Waals surface area contributed by atoms with Crippen molar-refractivity contribution in [2.45, 2.75) is 46.3 Å². The highest BCUT2D eigenvalue weighted by Crippen LogP contribution is 2.09. The molecule has 1 aromatic heterocycles. The number of aliphatic hydroxyl groups excluding tert-OH is 1. The number of likely N-dealkylation sites (tertiary alicyclic amines) is 1. The van der Waals surface area contributed by atoms with Crippen LogP contribution >= 0.6 is 0 Å². The number of aromatic nitrogens is 2. The number of nitrogens with one attached hydrogen (secondary N) is 1. The molecule has 0 spiro atoms. The predicted molar refractivity (Wildman–Crippen MR) is 84.5 cm³/mol. The van der Waals surface area contributed by atoms with Crippen LogP contribution < -0.4 is 5.32 Å². The van der Waals surface area contributed by atoms with Crippen LogP contribution in [0.2, 0.25) is 0 Å². The van der Waals surface area contributed by atoms with Crippen LogP contribution in [0.4, 0.5) is 0 Å². The first-order valence-electron chi connectivity index (χ1n) is 7.82. The van der Waals surface area contributed by atoms with E-state index in [2.05, 4.69) is 40.2 Å². The lowest BCUT2D eigenvalue weighted by atomic mass is 10.3. The maximum absolute atomic E-state index is 9.63. The lowest BCUT2D eigenvalue weighted by molar-refractivity contribution is 0.188. The third kappa shape index (κ3) is 4.46. The largest absolute Gasteiger partial charge is 0.391 e. The number of aliphatic hydroxyl groups is 1. The first-order chi connectivity index (χ1) is 10.1. The van der Waals surface area contributed by atoms with Gasteiger partial charge in [0.15, 0.2) is 5.96 Å². The zero-order valence-electron chi connectivity index (χ0n) is 13.3. The Balaban J connectivity index is 1.83. The number of rotatable bonds is 5. The summed E-state index contributed by atoms with van der Waals surface area (Å²) in [6, 6.07) is 2.10. The molecular formula is C15H27N5O. The van der Waals surface area contributed by atoms with Gasteiger partial charge in [-0.15, -0.1) is 0 Å². The first-order valence-corrected chi connectivity index (χ1v) is 7.82. The number of aliphatic imine (C=N–C) groups is 1. The standard InChI is InChI=1S/C15H27N5O/c1-4-16-15(19-9-6-14(21)11-19)17-7-5-8-20-13(3)10-12(2)18-20/h10,14,21H,4-9,11H2,1-3H3,(H,16,17)/t14-/m1/s1. The van der Waals surface area contributed by atoms with E-state index in [-0.39, 0.29) is 6.10 Å². The van der Waals surface area contributed by atoms with Crippen molar-refractivity contribution < 1.29 is 5.11 Å². The van der Waals surface area contributed by atoms with Crippen LogP contribution in [0, 0.1) is 13.8 Å². The quantitative estimate of drug-likeness (QED) is 0.481. The van der Waals surface area contributed by atoms with Gasteiger partial charge in [0, 0.05) is 38.4 Å². The van der Waals surface area contributed by atoms with Gasteiger partial charge in [-0.25, -0.2) is 0 Å². The van der Waals surface area contributed by atoms with E-state index >= 15 is 0 Å². The SMILES string of the molecule is CCNC(=NCCCn1nc(C)cc1C)N1CC[C@@H](O)C1. The zero-order chi connectivity index (χ0) is 15.2. The van der Waals surface area contributed by atoms with E-state index in [9.17, 15) is 5.11 Å². The second-order valence-electron chi connectivity index (χ2n) is 5.63. The summed E-state index contributed by atoms with van der Waals surface area (Å²) in [5.74, 6) is 0.919. The van der Waals surface area contributed by atoms with Gasteiger partial charge in [0.05, 0.1) is 11.8 Å². The average Bonchev–Trinajstić information content (AvgIpc) is 2.99. The Kier molecular flexibility index (Phi) is 5.61. The second-order valence-corrected chi connectivity index (χ2v) is 5.63. The van der Waals surface area contributed by atoms with Gasteiger partial charge >= 0.3 is 0 Å². The summed E-state index contributed by atoms with van der Waals surface area (Å²) >= 11 is 0. The van der Waals surface area contributed by atoms with Crippen molar-refractivity contribution >= 4 is 5.96 Å². The summed E-state index contributed by atoms with van der Waals surface area (Å²) in [6.45, 7) is 10.2. The minimum Gasteiger partial charge on any atom is -0.391 e. The van der Waals surface area contributed by atoms with Crippen LogP contribution in [-0.4, -0.2) is 58.0 Å². The number of guanidine groups is 1. The Labute approximate surface area is 126 Å². The maximum atomic E-state index is 9.63. The summed E-state index contributed by atoms with van der Waals surface area (Å²) in [4.78, 5) is 6.80. The van der Waals surface area contributed by atoms with Crippen LogP contribution in [-0.2, 0) is 6.54 Å². The topological polar surface area (TPSA) is 65.7 Å². The Bertz CT molecular complexity index is 482. The Morgan fingerprint density at radius 2 is 2.33 bits per heavy atom. The summed E-state index contributed by atoms with van der Waals surface area (Å²) in [6.07, 6.45) is 1.58. The molecule has 0 unspecified atom stereocenters. The third-order valence-corrected chi connectivity index (χ3v) is 3.69. The normalized spacial score (nSPS) is 19.3. The molecule has 1 fully saturated rings. The smallest absolute Gasteiger partial charge is 0.194 e. The van der Waals surface area contributed by atoms with Crippen molar-refractivity contribution in [1.29, 1.82) is 0 Å². The van der Waals surface area contributed by atoms with E-state index in [0.29, 0.717) is 6.54 Å². The van der Waals surface area contributed by atoms with Gasteiger partial charge in [-0.2, -0.15) is 5.10 Å². The van der Waals surface area contributed by atoms with E-state index < -0.39 is 0 Å². The summed E-state index contributed by atoms with van der Waals surface area (Å²) < 4.78 is 2.04. The van der Waals surface area contributed by atoms with Gasteiger partial charge in [0.2, 0.25) is 0 Å². The fourth-order valence-corrected chi connectivity index (χ4v) is 2.67. The maximum Gasteiger partial charge on any atom is 0.194 e. The molecule has 1 aliphatic heterocycles. The average molecular weight is 293 g/mol. The molecule has 2 heterocycles. The molecule has 118 valence electrons. The molecule has 0 radical (unpaired) electrons. The van der Waals surface area contributed by atoms with E-state index in [1.807, 2.05) is 11.6 Å². The predicted octanol–water partition coefficient (Wildman–Crippen LogP) is 0.922. The molecule has 1 aliphatic rings. The van der Waals surface area contributed by atoms with Gasteiger partial charge in [-0.05, 0) is 39.7 Å². The van der Waals surface area contributed by atoms with E-state index in [1.54, 1.807) is 0 Å². The van der Waals surface area contributed by atoms with E-state index in [1.165, 1.54) is 5.69 Å². The number of hydrogen-bond acceptors (Lipinski definition) is 3. The van der Waals surface area contributed by atoms with Crippen molar-refractivity contribution in [3.63, 3.8) is 0 Å². The van der Waals surface area contributed by atoms with Crippen LogP contribution in [0.3, 0.4) is 0 Å². The molecule has 6 nitrogen and oxygen atoms in total. The van der Waals surface area contributed by atoms with Crippen molar-refractivity contribution in [3.05, 3.63) is 17.5 Å². The highest BCUT2D eigenvalue weighted by Gasteiger charge is 2.22. The summed E-state index contributed by atoms with van der Waals surface area (Å²) in [5, 5.41) is 17.4. The molecule has 0 bridgehead atoms. The van der Waals surface area contributed by atoms with Crippen LogP contribution in [0.5, 0.6) is 0 Å². The van der Waals surface area contributed by atoms with Crippen molar-refractivity contribution in [3.8, 4) is 0 Å². The second kappa shape index (κ2) is 7.45. The molecule has 1 atom stereocenters. The highest BCUT2D eigenvalue weighted by molar-refractivity contribution is 5.80. The fraction of sp³-hybridized carbons (Fsp3) is 0.733. The van der Waals surface area contributed by atoms with Crippen molar-refractivity contribution in [2.24, 2.45) is 4.99 Å². The lowest BCUT2D eigenvalue weighted by Crippen LogP contribution is -2.40. The van der Waals surface area contributed by atoms with Crippen LogP contribution in [0.1, 0.15) is 31.2 Å². The third-order valence-electron chi connectivity index (χ3n) is 3.69. The monoisotopic (exact) mass is 293 g/mol. The van der Waals surface area contributed by atoms with Crippen LogP contribution in [0.25, 0.3) is 0 Å². The van der Waals surface area contributed by atoms with Gasteiger partial charge in [-0.3, -0.25) is 9.67 Å². The molecule has 21 heavy (non-hydrogen) atoms. The van der Waals surface area contributed by atoms with Crippen molar-refractivity contribution in [2.75, 3.05) is 26.2 Å². The number of β-amino-alcohol motifs (C(OH)–C–C–N with tert-alkyl or cyclic N) is 1. The molecule has 0 aromatic carbocycles. The van der Waals surface area contributed by atoms with Crippen LogP contribution in [0.15, 0.2) is 11.1 Å². The fourth-order valence-electron chi connectivity index (χ4n) is 2.67. The van der Waals surface area contributed by atoms with Crippen molar-refractivity contribution in [1.82, 2.24) is 20.0 Å². The molecule has 6 heteroatoms. The number of hydrogen-bond donors (Lipinski definition) is 2. The molecule has 1 aromatic rings. The van der Waals surface area contributed by atoms with Gasteiger partial charge < -0.3 is 15.3 Å². The Hall–Kier alpha value is -1.56. The minimum atomic E-state index is -0.219. The molecule has 2 N–H and O–H groups in total. The molecular weight excluding hydrogens is 266 g/mol. The zero-order valence-corrected chi connectivity index (χ0v) is 13.3. The van der Waals surface area contributed by atoms with E-state index in [0.717, 1.165) is 50.7 Å².